The minimum atomic E-state index is -4.37. The van der Waals surface area contributed by atoms with Gasteiger partial charge in [0, 0.05) is 17.1 Å². The largest absolute Gasteiger partial charge is 0.446 e. The predicted octanol–water partition coefficient (Wildman–Crippen LogP) is 3.96. The molecule has 1 rings (SSSR count). The molecule has 0 amide bonds. The topological polar surface area (TPSA) is 32.3 Å². The Bertz CT molecular complexity index is 403. The van der Waals surface area contributed by atoms with Crippen molar-refractivity contribution in [2.45, 2.75) is 16.5 Å². The maximum Gasteiger partial charge on any atom is 0.446 e. The molecule has 0 spiro atoms. The van der Waals surface area contributed by atoms with E-state index in [1.54, 1.807) is 0 Å². The summed E-state index contributed by atoms with van der Waals surface area (Å²) < 4.78 is 36.5. The van der Waals surface area contributed by atoms with Crippen LogP contribution in [0.5, 0.6) is 0 Å². The molecule has 0 fully saturated rings. The van der Waals surface area contributed by atoms with Crippen molar-refractivity contribution in [1.29, 1.82) is 0 Å². The number of alkyl halides is 4. The fourth-order valence-electron chi connectivity index (χ4n) is 1.11. The summed E-state index contributed by atoms with van der Waals surface area (Å²) in [6.45, 7) is 0.200. The third kappa shape index (κ3) is 5.56. The first-order valence-corrected chi connectivity index (χ1v) is 6.58. The van der Waals surface area contributed by atoms with Crippen LogP contribution in [-0.2, 0) is 0 Å². The standard InChI is InChI=1S/C10H10Cl2F3NOS/c11-4-7(17)5-16-6-1-2-9(8(12)3-6)18-10(13,14)15/h1-3,7,16-17H,4-5H2. The van der Waals surface area contributed by atoms with Gasteiger partial charge in [-0.2, -0.15) is 13.2 Å². The van der Waals surface area contributed by atoms with Gasteiger partial charge in [0.2, 0.25) is 0 Å². The maximum atomic E-state index is 12.2. The van der Waals surface area contributed by atoms with Crippen LogP contribution in [0.2, 0.25) is 5.02 Å². The van der Waals surface area contributed by atoms with Crippen molar-refractivity contribution in [3.63, 3.8) is 0 Å². The number of aliphatic hydroxyl groups excluding tert-OH is 1. The molecule has 0 aliphatic carbocycles. The maximum absolute atomic E-state index is 12.2. The Morgan fingerprint density at radius 1 is 1.39 bits per heavy atom. The molecule has 1 unspecified atom stereocenters. The van der Waals surface area contributed by atoms with Gasteiger partial charge in [-0.05, 0) is 30.0 Å². The summed E-state index contributed by atoms with van der Waals surface area (Å²) in [6, 6.07) is 4.10. The lowest BCUT2D eigenvalue weighted by Gasteiger charge is -2.12. The number of nitrogens with one attached hydrogen (secondary N) is 1. The van der Waals surface area contributed by atoms with Gasteiger partial charge in [-0.15, -0.1) is 11.6 Å². The third-order valence-electron chi connectivity index (χ3n) is 1.88. The molecule has 0 radical (unpaired) electrons. The van der Waals surface area contributed by atoms with E-state index in [1.807, 2.05) is 0 Å². The molecule has 0 aromatic heterocycles. The minimum absolute atomic E-state index is 0.00249. The summed E-state index contributed by atoms with van der Waals surface area (Å²) >= 11 is 10.9. The second-order valence-corrected chi connectivity index (χ2v) is 5.20. The summed E-state index contributed by atoms with van der Waals surface area (Å²) in [5, 5.41) is 12.0. The molecule has 8 heteroatoms. The zero-order chi connectivity index (χ0) is 13.8. The monoisotopic (exact) mass is 319 g/mol. The average Bonchev–Trinajstić information content (AvgIpc) is 2.27. The van der Waals surface area contributed by atoms with E-state index < -0.39 is 11.6 Å². The fraction of sp³-hybridized carbons (Fsp3) is 0.400. The van der Waals surface area contributed by atoms with Crippen LogP contribution in [0.25, 0.3) is 0 Å². The normalized spacial score (nSPS) is 13.4. The van der Waals surface area contributed by atoms with E-state index in [0.29, 0.717) is 5.69 Å². The summed E-state index contributed by atoms with van der Waals surface area (Å²) in [5.74, 6) is 0.0722. The van der Waals surface area contributed by atoms with Crippen molar-refractivity contribution < 1.29 is 18.3 Å². The molecule has 0 saturated heterocycles. The van der Waals surface area contributed by atoms with Gasteiger partial charge in [-0.1, -0.05) is 11.6 Å². The molecule has 0 aliphatic heterocycles. The van der Waals surface area contributed by atoms with Crippen LogP contribution in [0, 0.1) is 0 Å². The Kier molecular flexibility index (Phi) is 5.91. The molecule has 2 N–H and O–H groups in total. The number of rotatable bonds is 5. The molecule has 0 aliphatic rings. The van der Waals surface area contributed by atoms with Gasteiger partial charge in [-0.25, -0.2) is 0 Å². The van der Waals surface area contributed by atoms with E-state index >= 15 is 0 Å². The first-order valence-electron chi connectivity index (χ1n) is 4.85. The predicted molar refractivity (Wildman–Crippen MR) is 68.6 cm³/mol. The van der Waals surface area contributed by atoms with Crippen LogP contribution in [0.1, 0.15) is 0 Å². The molecule has 1 aromatic carbocycles. The van der Waals surface area contributed by atoms with E-state index in [1.165, 1.54) is 18.2 Å². The molecule has 1 aromatic rings. The zero-order valence-corrected chi connectivity index (χ0v) is 11.3. The van der Waals surface area contributed by atoms with Crippen LogP contribution < -0.4 is 5.32 Å². The van der Waals surface area contributed by atoms with Crippen molar-refractivity contribution in [2.24, 2.45) is 0 Å². The van der Waals surface area contributed by atoms with Crippen LogP contribution in [0.4, 0.5) is 18.9 Å². The highest BCUT2D eigenvalue weighted by Gasteiger charge is 2.30. The van der Waals surface area contributed by atoms with Gasteiger partial charge in [0.1, 0.15) is 0 Å². The number of hydrogen-bond donors (Lipinski definition) is 2. The first-order chi connectivity index (χ1) is 8.31. The van der Waals surface area contributed by atoms with Crippen LogP contribution in [0.15, 0.2) is 23.1 Å². The lowest BCUT2D eigenvalue weighted by Crippen LogP contribution is -2.20. The minimum Gasteiger partial charge on any atom is -0.390 e. The van der Waals surface area contributed by atoms with Gasteiger partial charge >= 0.3 is 5.51 Å². The van der Waals surface area contributed by atoms with E-state index in [2.05, 4.69) is 5.32 Å². The fourth-order valence-corrected chi connectivity index (χ4v) is 2.06. The Hall–Kier alpha value is -0.300. The Balaban J connectivity index is 2.67. The number of hydrogen-bond acceptors (Lipinski definition) is 3. The molecule has 0 saturated carbocycles. The Labute approximate surface area is 116 Å². The van der Waals surface area contributed by atoms with Gasteiger partial charge in [-0.3, -0.25) is 0 Å². The number of aliphatic hydroxyl groups is 1. The smallest absolute Gasteiger partial charge is 0.390 e. The Morgan fingerprint density at radius 3 is 2.56 bits per heavy atom. The second kappa shape index (κ2) is 6.75. The van der Waals surface area contributed by atoms with Crippen molar-refractivity contribution in [3.8, 4) is 0 Å². The van der Waals surface area contributed by atoms with Gasteiger partial charge < -0.3 is 10.4 Å². The van der Waals surface area contributed by atoms with E-state index in [-0.39, 0.29) is 34.1 Å². The molecule has 0 bridgehead atoms. The SMILES string of the molecule is OC(CCl)CNc1ccc(SC(F)(F)F)c(Cl)c1. The highest BCUT2D eigenvalue weighted by molar-refractivity contribution is 8.00. The summed E-state index contributed by atoms with van der Waals surface area (Å²) in [6.07, 6.45) is -0.727. The van der Waals surface area contributed by atoms with E-state index in [4.69, 9.17) is 23.2 Å². The summed E-state index contributed by atoms with van der Waals surface area (Å²) in [4.78, 5) is -0.0624. The lowest BCUT2D eigenvalue weighted by molar-refractivity contribution is -0.0328. The average molecular weight is 320 g/mol. The lowest BCUT2D eigenvalue weighted by atomic mass is 10.3. The number of halogens is 5. The highest BCUT2D eigenvalue weighted by Crippen LogP contribution is 2.40. The summed E-state index contributed by atoms with van der Waals surface area (Å²) in [5.41, 5.74) is -3.84. The molecule has 0 heterocycles. The molecule has 2 nitrogen and oxygen atoms in total. The third-order valence-corrected chi connectivity index (χ3v) is 3.47. The van der Waals surface area contributed by atoms with Crippen molar-refractivity contribution in [2.75, 3.05) is 17.7 Å². The van der Waals surface area contributed by atoms with Gasteiger partial charge in [0.05, 0.1) is 17.0 Å². The number of benzene rings is 1. The summed E-state index contributed by atoms with van der Waals surface area (Å²) in [7, 11) is 0. The van der Waals surface area contributed by atoms with Crippen molar-refractivity contribution in [3.05, 3.63) is 23.2 Å². The Morgan fingerprint density at radius 2 is 2.06 bits per heavy atom. The second-order valence-electron chi connectivity index (χ2n) is 3.38. The highest BCUT2D eigenvalue weighted by atomic mass is 35.5. The zero-order valence-electron chi connectivity index (χ0n) is 8.97. The first kappa shape index (κ1) is 15.8. The van der Waals surface area contributed by atoms with Crippen LogP contribution >= 0.6 is 35.0 Å². The quantitative estimate of drug-likeness (QED) is 0.636. The van der Waals surface area contributed by atoms with E-state index in [0.717, 1.165) is 0 Å². The van der Waals surface area contributed by atoms with Gasteiger partial charge in [0.15, 0.2) is 0 Å². The van der Waals surface area contributed by atoms with E-state index in [9.17, 15) is 18.3 Å². The van der Waals surface area contributed by atoms with Crippen molar-refractivity contribution >= 4 is 40.7 Å². The molecule has 102 valence electrons. The molecular weight excluding hydrogens is 310 g/mol. The number of anilines is 1. The molecule has 1 atom stereocenters. The molecule has 18 heavy (non-hydrogen) atoms. The van der Waals surface area contributed by atoms with Crippen molar-refractivity contribution in [1.82, 2.24) is 0 Å². The van der Waals surface area contributed by atoms with Crippen LogP contribution in [-0.4, -0.2) is 29.1 Å². The molecular formula is C10H10Cl2F3NOS. The number of thioether (sulfide) groups is 1. The van der Waals surface area contributed by atoms with Gasteiger partial charge in [0.25, 0.3) is 0 Å². The van der Waals surface area contributed by atoms with Crippen LogP contribution in [0.3, 0.4) is 0 Å².